The van der Waals surface area contributed by atoms with Gasteiger partial charge in [0.25, 0.3) is 5.56 Å². The van der Waals surface area contributed by atoms with E-state index in [-0.39, 0.29) is 17.4 Å². The summed E-state index contributed by atoms with van der Waals surface area (Å²) in [6.45, 7) is 11.7. The fourth-order valence-corrected chi connectivity index (χ4v) is 4.62. The van der Waals surface area contributed by atoms with Crippen LogP contribution in [0.5, 0.6) is 0 Å². The number of nitrogens with zero attached hydrogens (tertiary/aromatic N) is 4. The first kappa shape index (κ1) is 20.6. The van der Waals surface area contributed by atoms with Gasteiger partial charge in [-0.15, -0.1) is 0 Å². The number of aromatic nitrogens is 4. The molecule has 1 unspecified atom stereocenters. The van der Waals surface area contributed by atoms with Crippen molar-refractivity contribution >= 4 is 19.5 Å². The van der Waals surface area contributed by atoms with Crippen molar-refractivity contribution in [3.8, 4) is 0 Å². The van der Waals surface area contributed by atoms with Gasteiger partial charge in [-0.05, 0) is 52.2 Å². The van der Waals surface area contributed by atoms with Crippen molar-refractivity contribution in [2.45, 2.75) is 78.4 Å². The molecule has 0 fully saturated rings. The van der Waals surface area contributed by atoms with E-state index < -0.39 is 8.32 Å². The monoisotopic (exact) mass is 380 g/mol. The molecule has 0 aliphatic carbocycles. The zero-order chi connectivity index (χ0) is 19.5. The van der Waals surface area contributed by atoms with Crippen molar-refractivity contribution < 1.29 is 4.43 Å². The Kier molecular flexibility index (Phi) is 6.62. The Morgan fingerprint density at radius 3 is 2.46 bits per heavy atom. The minimum atomic E-state index is -1.53. The molecule has 2 aromatic heterocycles. The van der Waals surface area contributed by atoms with Gasteiger partial charge in [-0.3, -0.25) is 13.9 Å². The number of rotatable bonds is 9. The van der Waals surface area contributed by atoms with E-state index >= 15 is 0 Å². The molecule has 0 aliphatic rings. The van der Waals surface area contributed by atoms with Crippen molar-refractivity contribution in [1.29, 1.82) is 0 Å². The third-order valence-electron chi connectivity index (χ3n) is 4.33. The van der Waals surface area contributed by atoms with E-state index in [1.165, 1.54) is 4.57 Å². The summed E-state index contributed by atoms with van der Waals surface area (Å²) in [4.78, 5) is 29.8. The Morgan fingerprint density at radius 2 is 1.85 bits per heavy atom. The summed E-state index contributed by atoms with van der Waals surface area (Å²) in [7, 11) is 0.263. The van der Waals surface area contributed by atoms with Gasteiger partial charge in [-0.25, -0.2) is 9.78 Å². The van der Waals surface area contributed by atoms with E-state index in [2.05, 4.69) is 31.5 Å². The van der Waals surface area contributed by atoms with Crippen LogP contribution in [-0.2, 0) is 24.6 Å². The lowest BCUT2D eigenvalue weighted by atomic mass is 10.2. The highest BCUT2D eigenvalue weighted by Crippen LogP contribution is 2.12. The first-order valence-electron chi connectivity index (χ1n) is 9.48. The summed E-state index contributed by atoms with van der Waals surface area (Å²) < 4.78 is 10.7. The molecule has 0 bridgehead atoms. The molecule has 0 amide bonds. The van der Waals surface area contributed by atoms with Gasteiger partial charge in [-0.1, -0.05) is 6.92 Å². The molecule has 0 N–H and O–H groups in total. The van der Waals surface area contributed by atoms with Crippen LogP contribution in [0.1, 0.15) is 39.5 Å². The van der Waals surface area contributed by atoms with Gasteiger partial charge < -0.3 is 8.99 Å². The number of unbranched alkanes of at least 4 members (excludes halogenated alkanes) is 1. The van der Waals surface area contributed by atoms with Gasteiger partial charge in [0.15, 0.2) is 19.5 Å². The molecule has 1 atom stereocenters. The molecule has 2 rings (SSSR count). The van der Waals surface area contributed by atoms with Crippen molar-refractivity contribution in [3.05, 3.63) is 27.2 Å². The van der Waals surface area contributed by atoms with Crippen molar-refractivity contribution in [2.24, 2.45) is 7.05 Å². The Labute approximate surface area is 155 Å². The molecule has 2 aromatic rings. The lowest BCUT2D eigenvalue weighted by Gasteiger charge is -2.23. The predicted octanol–water partition coefficient (Wildman–Crippen LogP) is 2.72. The summed E-state index contributed by atoms with van der Waals surface area (Å²) in [5.41, 5.74) is 0.476. The first-order valence-corrected chi connectivity index (χ1v) is 12.9. The molecule has 26 heavy (non-hydrogen) atoms. The third-order valence-corrected chi connectivity index (χ3v) is 5.44. The van der Waals surface area contributed by atoms with Crippen LogP contribution in [0.4, 0.5) is 0 Å². The number of hydrogen-bond donors (Lipinski definition) is 0. The fraction of sp³-hybridized carbons (Fsp3) is 0.722. The number of fused-ring (bicyclic) bond motifs is 1. The molecular weight excluding hydrogens is 348 g/mol. The molecule has 0 saturated heterocycles. The lowest BCUT2D eigenvalue weighted by molar-refractivity contribution is 0.198. The van der Waals surface area contributed by atoms with Gasteiger partial charge in [0.1, 0.15) is 0 Å². The number of aryl methyl sites for hydroxylation is 2. The van der Waals surface area contributed by atoms with Crippen molar-refractivity contribution in [1.82, 2.24) is 18.7 Å². The van der Waals surface area contributed by atoms with Gasteiger partial charge >= 0.3 is 5.69 Å². The zero-order valence-electron chi connectivity index (χ0n) is 16.9. The van der Waals surface area contributed by atoms with E-state index in [0.29, 0.717) is 24.3 Å². The Morgan fingerprint density at radius 1 is 1.15 bits per heavy atom. The van der Waals surface area contributed by atoms with Crippen molar-refractivity contribution in [3.63, 3.8) is 0 Å². The largest absolute Gasteiger partial charge is 0.415 e. The molecule has 7 nitrogen and oxygen atoms in total. The Bertz CT molecular complexity index is 860. The summed E-state index contributed by atoms with van der Waals surface area (Å²) >= 11 is 0. The summed E-state index contributed by atoms with van der Waals surface area (Å²) in [5, 5.41) is 0. The number of imidazole rings is 1. The first-order chi connectivity index (χ1) is 12.2. The quantitative estimate of drug-likeness (QED) is 0.495. The second-order valence-corrected chi connectivity index (χ2v) is 12.4. The second kappa shape index (κ2) is 8.35. The van der Waals surface area contributed by atoms with Gasteiger partial charge in [-0.2, -0.15) is 0 Å². The summed E-state index contributed by atoms with van der Waals surface area (Å²) in [6, 6.07) is 0. The smallest absolute Gasteiger partial charge is 0.332 e. The summed E-state index contributed by atoms with van der Waals surface area (Å²) in [5.74, 6) is 0. The van der Waals surface area contributed by atoms with Gasteiger partial charge in [0.05, 0.1) is 6.33 Å². The van der Waals surface area contributed by atoms with Crippen LogP contribution < -0.4 is 11.2 Å². The maximum Gasteiger partial charge on any atom is 0.332 e. The number of hydrogen-bond acceptors (Lipinski definition) is 4. The summed E-state index contributed by atoms with van der Waals surface area (Å²) in [6.07, 6.45) is 5.27. The molecule has 146 valence electrons. The van der Waals surface area contributed by atoms with Crippen LogP contribution in [0, 0.1) is 0 Å². The maximum atomic E-state index is 12.8. The standard InChI is InChI=1S/C18H32N4O3Si/c1-7-11-21-16-15(20(3)13-19-16)17(23)22(18(21)24)12-9-8-10-14(2)25-26(4,5)6/h13-14H,7-12H2,1-6H3. The highest BCUT2D eigenvalue weighted by molar-refractivity contribution is 6.69. The zero-order valence-corrected chi connectivity index (χ0v) is 17.9. The molecule has 0 spiro atoms. The van der Waals surface area contributed by atoms with Gasteiger partial charge in [0, 0.05) is 26.2 Å². The average Bonchev–Trinajstić information content (AvgIpc) is 2.90. The third kappa shape index (κ3) is 4.73. The normalized spacial score (nSPS) is 13.5. The fourth-order valence-electron chi connectivity index (χ4n) is 3.30. The maximum absolute atomic E-state index is 12.8. The van der Waals surface area contributed by atoms with Crippen LogP contribution in [0.2, 0.25) is 19.6 Å². The minimum Gasteiger partial charge on any atom is -0.415 e. The Balaban J connectivity index is 2.16. The van der Waals surface area contributed by atoms with Crippen LogP contribution in [0.25, 0.3) is 11.2 Å². The second-order valence-electron chi connectivity index (χ2n) is 7.96. The molecule has 0 aliphatic heterocycles. The molecule has 0 radical (unpaired) electrons. The van der Waals surface area contributed by atoms with Crippen LogP contribution in [-0.4, -0.2) is 33.1 Å². The molecular formula is C18H32N4O3Si. The average molecular weight is 381 g/mol. The molecule has 0 saturated carbocycles. The molecule has 2 heterocycles. The van der Waals surface area contributed by atoms with E-state index in [9.17, 15) is 9.59 Å². The van der Waals surface area contributed by atoms with Gasteiger partial charge in [0.2, 0.25) is 0 Å². The highest BCUT2D eigenvalue weighted by Gasteiger charge is 2.19. The minimum absolute atomic E-state index is 0.217. The van der Waals surface area contributed by atoms with Crippen LogP contribution >= 0.6 is 0 Å². The SMILES string of the molecule is CCCn1c(=O)n(CCCCC(C)O[Si](C)(C)C)c(=O)c2c1ncn2C. The Hall–Kier alpha value is -1.67. The van der Waals surface area contributed by atoms with Crippen LogP contribution in [0.3, 0.4) is 0 Å². The van der Waals surface area contributed by atoms with Crippen LogP contribution in [0.15, 0.2) is 15.9 Å². The molecule has 8 heteroatoms. The highest BCUT2D eigenvalue weighted by atomic mass is 28.4. The van der Waals surface area contributed by atoms with E-state index in [1.54, 1.807) is 22.5 Å². The molecule has 0 aromatic carbocycles. The predicted molar refractivity (Wildman–Crippen MR) is 107 cm³/mol. The van der Waals surface area contributed by atoms with Crippen molar-refractivity contribution in [2.75, 3.05) is 0 Å². The lowest BCUT2D eigenvalue weighted by Crippen LogP contribution is -2.40. The van der Waals surface area contributed by atoms with E-state index in [1.807, 2.05) is 6.92 Å². The van der Waals surface area contributed by atoms with E-state index in [0.717, 1.165) is 25.7 Å². The topological polar surface area (TPSA) is 71.1 Å². The van der Waals surface area contributed by atoms with E-state index in [4.69, 9.17) is 4.43 Å².